The van der Waals surface area contributed by atoms with E-state index in [1.54, 1.807) is 6.08 Å². The molecule has 0 amide bonds. The van der Waals surface area contributed by atoms with Crippen LogP contribution in [0.15, 0.2) is 17.8 Å². The molecule has 0 aliphatic carbocycles. The minimum absolute atomic E-state index is 0.454. The molecule has 0 bridgehead atoms. The van der Waals surface area contributed by atoms with Gasteiger partial charge in [0.15, 0.2) is 0 Å². The van der Waals surface area contributed by atoms with Crippen molar-refractivity contribution in [3.8, 4) is 0 Å². The van der Waals surface area contributed by atoms with Crippen molar-refractivity contribution in [2.75, 3.05) is 0 Å². The Morgan fingerprint density at radius 1 is 1.80 bits per heavy atom. The summed E-state index contributed by atoms with van der Waals surface area (Å²) in [5.41, 5.74) is 3.93. The smallest absolute Gasteiger partial charge is 0.0566 e. The molecule has 0 aromatic carbocycles. The van der Waals surface area contributed by atoms with Crippen LogP contribution < -0.4 is 5.43 Å². The molecule has 0 radical (unpaired) electrons. The first-order chi connectivity index (χ1) is 4.70. The van der Waals surface area contributed by atoms with Crippen LogP contribution in [0.2, 0.25) is 0 Å². The molecule has 0 fully saturated rings. The normalized spacial score (nSPS) is 14.5. The molecule has 0 saturated carbocycles. The number of rotatable bonds is 4. The first-order valence-corrected chi connectivity index (χ1v) is 3.63. The quantitative estimate of drug-likeness (QED) is 0.468. The molecule has 0 aromatic rings. The van der Waals surface area contributed by atoms with Gasteiger partial charge in [0.1, 0.15) is 0 Å². The van der Waals surface area contributed by atoms with Gasteiger partial charge in [-0.2, -0.15) is 5.10 Å². The first-order valence-electron chi connectivity index (χ1n) is 3.63. The van der Waals surface area contributed by atoms with Gasteiger partial charge in [-0.3, -0.25) is 0 Å². The lowest BCUT2D eigenvalue weighted by atomic mass is 10.3. The summed E-state index contributed by atoms with van der Waals surface area (Å²) in [6.07, 6.45) is 2.82. The second kappa shape index (κ2) is 5.03. The SMILES string of the molecule is C=CC(C)=NNC(C)CC. The lowest BCUT2D eigenvalue weighted by Crippen LogP contribution is -2.20. The number of hydrazone groups is 1. The number of nitrogens with one attached hydrogen (secondary N) is 1. The molecule has 0 aliphatic rings. The van der Waals surface area contributed by atoms with E-state index >= 15 is 0 Å². The van der Waals surface area contributed by atoms with E-state index in [2.05, 4.69) is 31.0 Å². The van der Waals surface area contributed by atoms with E-state index < -0.39 is 0 Å². The van der Waals surface area contributed by atoms with Crippen molar-refractivity contribution in [2.24, 2.45) is 5.10 Å². The van der Waals surface area contributed by atoms with E-state index in [0.717, 1.165) is 12.1 Å². The van der Waals surface area contributed by atoms with Crippen LogP contribution >= 0.6 is 0 Å². The molecule has 0 heterocycles. The van der Waals surface area contributed by atoms with Crippen LogP contribution in [0.25, 0.3) is 0 Å². The lowest BCUT2D eigenvalue weighted by molar-refractivity contribution is 0.558. The van der Waals surface area contributed by atoms with Gasteiger partial charge in [0, 0.05) is 6.04 Å². The van der Waals surface area contributed by atoms with Crippen LogP contribution in [0.1, 0.15) is 27.2 Å². The zero-order valence-electron chi connectivity index (χ0n) is 7.02. The van der Waals surface area contributed by atoms with Gasteiger partial charge in [-0.1, -0.05) is 13.5 Å². The Bertz CT molecular complexity index is 127. The molecule has 0 rings (SSSR count). The maximum atomic E-state index is 4.06. The Morgan fingerprint density at radius 3 is 2.80 bits per heavy atom. The van der Waals surface area contributed by atoms with Crippen LogP contribution in [0, 0.1) is 0 Å². The third-order valence-corrected chi connectivity index (χ3v) is 1.37. The fourth-order valence-corrected chi connectivity index (χ4v) is 0.349. The van der Waals surface area contributed by atoms with E-state index in [-0.39, 0.29) is 0 Å². The fraction of sp³-hybridized carbons (Fsp3) is 0.625. The van der Waals surface area contributed by atoms with Crippen LogP contribution in [-0.4, -0.2) is 11.8 Å². The van der Waals surface area contributed by atoms with Gasteiger partial charge in [-0.05, 0) is 26.3 Å². The highest BCUT2D eigenvalue weighted by Crippen LogP contribution is 1.87. The van der Waals surface area contributed by atoms with E-state index in [4.69, 9.17) is 0 Å². The highest BCUT2D eigenvalue weighted by atomic mass is 15.3. The average Bonchev–Trinajstić information content (AvgIpc) is 1.99. The van der Waals surface area contributed by atoms with Crippen molar-refractivity contribution in [2.45, 2.75) is 33.2 Å². The highest BCUT2D eigenvalue weighted by Gasteiger charge is 1.91. The van der Waals surface area contributed by atoms with Gasteiger partial charge in [0.2, 0.25) is 0 Å². The van der Waals surface area contributed by atoms with Gasteiger partial charge in [-0.15, -0.1) is 0 Å². The summed E-state index contributed by atoms with van der Waals surface area (Å²) >= 11 is 0. The zero-order valence-corrected chi connectivity index (χ0v) is 7.02. The molecule has 2 heteroatoms. The summed E-state index contributed by atoms with van der Waals surface area (Å²) in [6.45, 7) is 9.73. The van der Waals surface area contributed by atoms with Crippen LogP contribution in [0.4, 0.5) is 0 Å². The van der Waals surface area contributed by atoms with Crippen molar-refractivity contribution in [3.05, 3.63) is 12.7 Å². The van der Waals surface area contributed by atoms with Gasteiger partial charge < -0.3 is 5.43 Å². The van der Waals surface area contributed by atoms with Crippen molar-refractivity contribution in [3.63, 3.8) is 0 Å². The standard InChI is InChI=1S/C8H16N2/c1-5-7(3)9-10-8(4)6-2/h5,8,10H,1,6H2,2-4H3. The Morgan fingerprint density at radius 2 is 2.40 bits per heavy atom. The molecule has 1 N–H and O–H groups in total. The predicted octanol–water partition coefficient (Wildman–Crippen LogP) is 1.94. The Kier molecular flexibility index (Phi) is 4.63. The zero-order chi connectivity index (χ0) is 7.98. The fourth-order valence-electron chi connectivity index (χ4n) is 0.349. The summed E-state index contributed by atoms with van der Waals surface area (Å²) in [6, 6.07) is 0.454. The third kappa shape index (κ3) is 4.13. The number of hydrogen-bond acceptors (Lipinski definition) is 2. The average molecular weight is 140 g/mol. The second-order valence-electron chi connectivity index (χ2n) is 2.40. The monoisotopic (exact) mass is 140 g/mol. The number of allylic oxidation sites excluding steroid dienone is 1. The summed E-state index contributed by atoms with van der Waals surface area (Å²) in [4.78, 5) is 0. The molecule has 1 atom stereocenters. The van der Waals surface area contributed by atoms with Gasteiger partial charge in [0.05, 0.1) is 5.71 Å². The Labute approximate surface area is 63.0 Å². The van der Waals surface area contributed by atoms with E-state index in [0.29, 0.717) is 6.04 Å². The molecule has 0 aliphatic heterocycles. The van der Waals surface area contributed by atoms with E-state index in [9.17, 15) is 0 Å². The molecule has 0 spiro atoms. The topological polar surface area (TPSA) is 24.4 Å². The van der Waals surface area contributed by atoms with Crippen molar-refractivity contribution in [1.82, 2.24) is 5.43 Å². The predicted molar refractivity (Wildman–Crippen MR) is 46.2 cm³/mol. The minimum Gasteiger partial charge on any atom is -0.307 e. The van der Waals surface area contributed by atoms with Crippen molar-refractivity contribution < 1.29 is 0 Å². The van der Waals surface area contributed by atoms with E-state index in [1.165, 1.54) is 0 Å². The van der Waals surface area contributed by atoms with E-state index in [1.807, 2.05) is 6.92 Å². The maximum Gasteiger partial charge on any atom is 0.0566 e. The largest absolute Gasteiger partial charge is 0.307 e. The van der Waals surface area contributed by atoms with Crippen LogP contribution in [-0.2, 0) is 0 Å². The molecular weight excluding hydrogens is 124 g/mol. The van der Waals surface area contributed by atoms with Gasteiger partial charge in [0.25, 0.3) is 0 Å². The summed E-state index contributed by atoms with van der Waals surface area (Å²) < 4.78 is 0. The van der Waals surface area contributed by atoms with Crippen molar-refractivity contribution in [1.29, 1.82) is 0 Å². The molecule has 1 unspecified atom stereocenters. The Balaban J connectivity index is 3.60. The summed E-state index contributed by atoms with van der Waals surface area (Å²) in [5, 5.41) is 4.06. The molecule has 0 aromatic heterocycles. The molecule has 2 nitrogen and oxygen atoms in total. The van der Waals surface area contributed by atoms with Gasteiger partial charge >= 0.3 is 0 Å². The lowest BCUT2D eigenvalue weighted by Gasteiger charge is -2.06. The summed E-state index contributed by atoms with van der Waals surface area (Å²) in [7, 11) is 0. The second-order valence-corrected chi connectivity index (χ2v) is 2.40. The first kappa shape index (κ1) is 9.21. The van der Waals surface area contributed by atoms with Crippen LogP contribution in [0.5, 0.6) is 0 Å². The minimum atomic E-state index is 0.454. The molecule has 10 heavy (non-hydrogen) atoms. The van der Waals surface area contributed by atoms with Gasteiger partial charge in [-0.25, -0.2) is 0 Å². The maximum absolute atomic E-state index is 4.06. The Hall–Kier alpha value is -0.790. The van der Waals surface area contributed by atoms with Crippen molar-refractivity contribution >= 4 is 5.71 Å². The molecule has 58 valence electrons. The molecule has 0 saturated heterocycles. The highest BCUT2D eigenvalue weighted by molar-refractivity contribution is 5.91. The van der Waals surface area contributed by atoms with Crippen LogP contribution in [0.3, 0.4) is 0 Å². The summed E-state index contributed by atoms with van der Waals surface area (Å²) in [5.74, 6) is 0. The third-order valence-electron chi connectivity index (χ3n) is 1.37. The number of nitrogens with zero attached hydrogens (tertiary/aromatic N) is 1. The molecular formula is C8H16N2. The number of hydrogen-bond donors (Lipinski definition) is 1.